The molecule has 0 radical (unpaired) electrons. The predicted octanol–water partition coefficient (Wildman–Crippen LogP) is 0.808. The Bertz CT molecular complexity index is 588. The number of hydrogen-bond acceptors (Lipinski definition) is 5. The molecule has 0 aliphatic rings. The molecule has 0 aliphatic carbocycles. The number of ether oxygens (including phenoxy) is 1. The van der Waals surface area contributed by atoms with Gasteiger partial charge in [0, 0.05) is 0 Å². The van der Waals surface area contributed by atoms with Gasteiger partial charge in [0.15, 0.2) is 0 Å². The van der Waals surface area contributed by atoms with E-state index in [4.69, 9.17) is 9.66 Å². The fourth-order valence-electron chi connectivity index (χ4n) is 1.25. The number of rotatable bonds is 4. The van der Waals surface area contributed by atoms with Crippen LogP contribution >= 0.6 is 0 Å². The van der Waals surface area contributed by atoms with Gasteiger partial charge >= 0.3 is 11.9 Å². The Labute approximate surface area is 103 Å². The minimum absolute atomic E-state index is 0.0535. The van der Waals surface area contributed by atoms with Crippen molar-refractivity contribution in [3.8, 4) is 0 Å². The van der Waals surface area contributed by atoms with Gasteiger partial charge in [0.2, 0.25) is 0 Å². The molecule has 0 heterocycles. The number of carboxylic acids is 1. The first kappa shape index (κ1) is 14.1. The van der Waals surface area contributed by atoms with Gasteiger partial charge in [-0.1, -0.05) is 0 Å². The molecule has 0 unspecified atom stereocenters. The second-order valence-electron chi connectivity index (χ2n) is 3.21. The molecule has 1 aromatic rings. The highest BCUT2D eigenvalue weighted by Crippen LogP contribution is 2.17. The van der Waals surface area contributed by atoms with Crippen LogP contribution in [-0.4, -0.2) is 36.6 Å². The minimum Gasteiger partial charge on any atom is -0.478 e. The monoisotopic (exact) mass is 274 g/mol. The van der Waals surface area contributed by atoms with E-state index in [0.717, 1.165) is 12.1 Å². The molecule has 8 heteroatoms. The van der Waals surface area contributed by atoms with Crippen LogP contribution in [0.5, 0.6) is 0 Å². The summed E-state index contributed by atoms with van der Waals surface area (Å²) in [6.07, 6.45) is 0. The lowest BCUT2D eigenvalue weighted by molar-refractivity contribution is 0.0514. The second-order valence-corrected chi connectivity index (χ2v) is 4.63. The van der Waals surface area contributed by atoms with Crippen LogP contribution in [0.2, 0.25) is 0 Å². The molecule has 1 rings (SSSR count). The summed E-state index contributed by atoms with van der Waals surface area (Å²) in [5.74, 6) is -2.37. The average molecular weight is 274 g/mol. The maximum absolute atomic E-state index is 11.4. The Morgan fingerprint density at radius 1 is 1.28 bits per heavy atom. The van der Waals surface area contributed by atoms with Crippen molar-refractivity contribution in [2.45, 2.75) is 11.8 Å². The van der Waals surface area contributed by atoms with Crippen molar-refractivity contribution < 1.29 is 32.4 Å². The molecule has 1 aromatic carbocycles. The molecule has 0 aliphatic heterocycles. The van der Waals surface area contributed by atoms with Crippen LogP contribution in [0.1, 0.15) is 27.6 Å². The largest absolute Gasteiger partial charge is 0.478 e. The third-order valence-electron chi connectivity index (χ3n) is 2.01. The fraction of sp³-hybridized carbons (Fsp3) is 0.200. The molecule has 18 heavy (non-hydrogen) atoms. The van der Waals surface area contributed by atoms with Gasteiger partial charge in [0.25, 0.3) is 10.1 Å². The van der Waals surface area contributed by atoms with Gasteiger partial charge in [0.1, 0.15) is 0 Å². The normalized spacial score (nSPS) is 11.0. The smallest absolute Gasteiger partial charge is 0.338 e. The van der Waals surface area contributed by atoms with Crippen LogP contribution in [0.3, 0.4) is 0 Å². The molecule has 2 N–H and O–H groups in total. The summed E-state index contributed by atoms with van der Waals surface area (Å²) < 4.78 is 35.1. The van der Waals surface area contributed by atoms with Crippen LogP contribution in [0.25, 0.3) is 0 Å². The highest BCUT2D eigenvalue weighted by Gasteiger charge is 2.21. The second kappa shape index (κ2) is 5.15. The lowest BCUT2D eigenvalue weighted by Crippen LogP contribution is -2.13. The molecule has 0 fully saturated rings. The summed E-state index contributed by atoms with van der Waals surface area (Å²) >= 11 is 0. The standard InChI is InChI=1S/C10H10O7S/c1-2-17-10(13)7-4-3-6(18(14,15)16)5-8(7)9(11)12/h3-5H,2H2,1H3,(H,11,12)(H,14,15,16). The predicted molar refractivity (Wildman–Crippen MR) is 59.2 cm³/mol. The molecular formula is C10H10O7S. The van der Waals surface area contributed by atoms with Gasteiger partial charge in [-0.05, 0) is 25.1 Å². The Kier molecular flexibility index (Phi) is 4.04. The summed E-state index contributed by atoms with van der Waals surface area (Å²) in [5, 5.41) is 8.89. The van der Waals surface area contributed by atoms with Crippen molar-refractivity contribution >= 4 is 22.1 Å². The van der Waals surface area contributed by atoms with Crippen molar-refractivity contribution in [1.82, 2.24) is 0 Å². The third kappa shape index (κ3) is 3.05. The van der Waals surface area contributed by atoms with Crippen LogP contribution in [0.4, 0.5) is 0 Å². The van der Waals surface area contributed by atoms with Crippen LogP contribution < -0.4 is 0 Å². The Morgan fingerprint density at radius 3 is 2.33 bits per heavy atom. The zero-order valence-electron chi connectivity index (χ0n) is 9.28. The van der Waals surface area contributed by atoms with Gasteiger partial charge in [-0.15, -0.1) is 0 Å². The molecule has 0 bridgehead atoms. The van der Waals surface area contributed by atoms with Crippen LogP contribution in [0, 0.1) is 0 Å². The first-order valence-corrected chi connectivity index (χ1v) is 6.23. The number of carboxylic acid groups (broad SMARTS) is 1. The molecule has 0 saturated carbocycles. The first-order valence-electron chi connectivity index (χ1n) is 4.79. The summed E-state index contributed by atoms with van der Waals surface area (Å²) in [7, 11) is -4.53. The van der Waals surface area contributed by atoms with E-state index < -0.39 is 32.5 Å². The van der Waals surface area contributed by atoms with E-state index in [1.54, 1.807) is 6.92 Å². The highest BCUT2D eigenvalue weighted by atomic mass is 32.2. The number of esters is 1. The molecular weight excluding hydrogens is 264 g/mol. The molecule has 0 saturated heterocycles. The molecule has 7 nitrogen and oxygen atoms in total. The van der Waals surface area contributed by atoms with E-state index in [1.165, 1.54) is 0 Å². The maximum atomic E-state index is 11.4. The molecule has 0 atom stereocenters. The van der Waals surface area contributed by atoms with E-state index in [1.807, 2.05) is 0 Å². The van der Waals surface area contributed by atoms with Crippen molar-refractivity contribution in [2.75, 3.05) is 6.61 Å². The van der Waals surface area contributed by atoms with Gasteiger partial charge in [0.05, 0.1) is 22.6 Å². The summed E-state index contributed by atoms with van der Waals surface area (Å²) in [6, 6.07) is 2.60. The fourth-order valence-corrected chi connectivity index (χ4v) is 1.75. The quantitative estimate of drug-likeness (QED) is 0.616. The van der Waals surface area contributed by atoms with E-state index in [9.17, 15) is 18.0 Å². The number of hydrogen-bond donors (Lipinski definition) is 2. The van der Waals surface area contributed by atoms with E-state index in [2.05, 4.69) is 4.74 Å². The number of carbonyl (C=O) groups is 2. The lowest BCUT2D eigenvalue weighted by atomic mass is 10.1. The van der Waals surface area contributed by atoms with Crippen molar-refractivity contribution in [1.29, 1.82) is 0 Å². The lowest BCUT2D eigenvalue weighted by Gasteiger charge is -2.06. The number of carbonyl (C=O) groups excluding carboxylic acids is 1. The van der Waals surface area contributed by atoms with E-state index in [-0.39, 0.29) is 12.2 Å². The Balaban J connectivity index is 3.39. The van der Waals surface area contributed by atoms with Crippen LogP contribution in [0.15, 0.2) is 23.1 Å². The Hall–Kier alpha value is -1.93. The molecule has 0 spiro atoms. The molecule has 98 valence electrons. The first-order chi connectivity index (χ1) is 8.27. The van der Waals surface area contributed by atoms with Crippen molar-refractivity contribution in [2.24, 2.45) is 0 Å². The van der Waals surface area contributed by atoms with Crippen LogP contribution in [-0.2, 0) is 14.9 Å². The zero-order valence-corrected chi connectivity index (χ0v) is 10.1. The minimum atomic E-state index is -4.53. The number of benzene rings is 1. The summed E-state index contributed by atoms with van der Waals surface area (Å²) in [4.78, 5) is 21.8. The van der Waals surface area contributed by atoms with Gasteiger partial charge in [-0.25, -0.2) is 9.59 Å². The highest BCUT2D eigenvalue weighted by molar-refractivity contribution is 7.85. The average Bonchev–Trinajstić information content (AvgIpc) is 2.27. The SMILES string of the molecule is CCOC(=O)c1ccc(S(=O)(=O)O)cc1C(=O)O. The van der Waals surface area contributed by atoms with Gasteiger partial charge in [-0.2, -0.15) is 8.42 Å². The molecule has 0 amide bonds. The van der Waals surface area contributed by atoms with Gasteiger partial charge < -0.3 is 9.84 Å². The van der Waals surface area contributed by atoms with E-state index >= 15 is 0 Å². The summed E-state index contributed by atoms with van der Waals surface area (Å²) in [6.45, 7) is 1.60. The maximum Gasteiger partial charge on any atom is 0.338 e. The Morgan fingerprint density at radius 2 is 1.89 bits per heavy atom. The van der Waals surface area contributed by atoms with E-state index in [0.29, 0.717) is 6.07 Å². The molecule has 0 aromatic heterocycles. The van der Waals surface area contributed by atoms with Crippen molar-refractivity contribution in [3.05, 3.63) is 29.3 Å². The zero-order chi connectivity index (χ0) is 13.9. The summed E-state index contributed by atoms with van der Waals surface area (Å²) in [5.41, 5.74) is -0.833. The third-order valence-corrected chi connectivity index (χ3v) is 2.86. The topological polar surface area (TPSA) is 118 Å². The van der Waals surface area contributed by atoms with Gasteiger partial charge in [-0.3, -0.25) is 4.55 Å². The number of aromatic carboxylic acids is 1. The van der Waals surface area contributed by atoms with Crippen molar-refractivity contribution in [3.63, 3.8) is 0 Å².